The molecular formula is C24H23N3O4S. The number of rotatable bonds is 6. The minimum Gasteiger partial charge on any atom is -0.497 e. The first-order valence-corrected chi connectivity index (χ1v) is 11.0. The number of benzene rings is 2. The molecule has 0 aliphatic carbocycles. The first kappa shape index (κ1) is 21.7. The van der Waals surface area contributed by atoms with Crippen molar-refractivity contribution in [3.63, 3.8) is 0 Å². The second-order valence-electron chi connectivity index (χ2n) is 7.27. The van der Waals surface area contributed by atoms with Crippen LogP contribution < -0.4 is 15.6 Å². The molecule has 7 nitrogen and oxygen atoms in total. The molecule has 8 heteroatoms. The van der Waals surface area contributed by atoms with Crippen LogP contribution in [-0.4, -0.2) is 30.2 Å². The minimum absolute atomic E-state index is 0.298. The second-order valence-corrected chi connectivity index (χ2v) is 8.23. The number of nitrogens with one attached hydrogen (secondary N) is 2. The SMILES string of the molecule is COC(=O)C1=C(C)Nc2nc(SCc3ccccc3)[nH]c(=O)c2[C@H]1c1ccc(OC)cc1. The lowest BCUT2D eigenvalue weighted by atomic mass is 9.82. The summed E-state index contributed by atoms with van der Waals surface area (Å²) in [5.74, 6) is 0.683. The van der Waals surface area contributed by atoms with Gasteiger partial charge < -0.3 is 19.8 Å². The summed E-state index contributed by atoms with van der Waals surface area (Å²) in [4.78, 5) is 33.4. The number of carbonyl (C=O) groups excluding carboxylic acids is 1. The number of aromatic amines is 1. The number of ether oxygens (including phenoxy) is 2. The average Bonchev–Trinajstić information content (AvgIpc) is 2.82. The second kappa shape index (κ2) is 9.32. The molecule has 164 valence electrons. The van der Waals surface area contributed by atoms with Crippen LogP contribution in [0, 0.1) is 0 Å². The molecule has 3 aromatic rings. The lowest BCUT2D eigenvalue weighted by molar-refractivity contribution is -0.136. The van der Waals surface area contributed by atoms with Crippen LogP contribution >= 0.6 is 11.8 Å². The predicted molar refractivity (Wildman–Crippen MR) is 124 cm³/mol. The molecule has 2 aromatic carbocycles. The van der Waals surface area contributed by atoms with Gasteiger partial charge in [0, 0.05) is 11.4 Å². The Morgan fingerprint density at radius 3 is 2.47 bits per heavy atom. The summed E-state index contributed by atoms with van der Waals surface area (Å²) in [6.45, 7) is 1.78. The summed E-state index contributed by atoms with van der Waals surface area (Å²) < 4.78 is 10.3. The van der Waals surface area contributed by atoms with Crippen LogP contribution in [0.2, 0.25) is 0 Å². The molecule has 0 unspecified atom stereocenters. The molecular weight excluding hydrogens is 426 g/mol. The Balaban J connectivity index is 1.76. The molecule has 0 fully saturated rings. The normalized spacial score (nSPS) is 15.0. The van der Waals surface area contributed by atoms with E-state index in [0.29, 0.717) is 39.3 Å². The Hall–Kier alpha value is -3.52. The van der Waals surface area contributed by atoms with Gasteiger partial charge in [-0.2, -0.15) is 0 Å². The number of hydrogen-bond donors (Lipinski definition) is 2. The van der Waals surface area contributed by atoms with Crippen molar-refractivity contribution >= 4 is 23.5 Å². The maximum Gasteiger partial charge on any atom is 0.336 e. The molecule has 1 atom stereocenters. The Morgan fingerprint density at radius 2 is 1.81 bits per heavy atom. The summed E-state index contributed by atoms with van der Waals surface area (Å²) >= 11 is 1.44. The summed E-state index contributed by atoms with van der Waals surface area (Å²) in [6, 6.07) is 17.2. The molecule has 4 rings (SSSR count). The lowest BCUT2D eigenvalue weighted by Gasteiger charge is -2.28. The summed E-state index contributed by atoms with van der Waals surface area (Å²) in [5.41, 5.74) is 2.96. The van der Waals surface area contributed by atoms with Crippen LogP contribution in [0.1, 0.15) is 29.5 Å². The third-order valence-electron chi connectivity index (χ3n) is 5.29. The zero-order valence-electron chi connectivity index (χ0n) is 18.0. The molecule has 2 N–H and O–H groups in total. The Labute approximate surface area is 189 Å². The molecule has 0 saturated carbocycles. The fourth-order valence-corrected chi connectivity index (χ4v) is 4.55. The van der Waals surface area contributed by atoms with Gasteiger partial charge in [-0.3, -0.25) is 4.79 Å². The van der Waals surface area contributed by atoms with E-state index >= 15 is 0 Å². The van der Waals surface area contributed by atoms with Gasteiger partial charge in [0.05, 0.1) is 31.3 Å². The van der Waals surface area contributed by atoms with E-state index in [0.717, 1.165) is 11.1 Å². The van der Waals surface area contributed by atoms with Crippen molar-refractivity contribution in [1.82, 2.24) is 9.97 Å². The van der Waals surface area contributed by atoms with Crippen LogP contribution in [0.3, 0.4) is 0 Å². The van der Waals surface area contributed by atoms with Gasteiger partial charge in [0.25, 0.3) is 5.56 Å². The van der Waals surface area contributed by atoms with Crippen LogP contribution in [-0.2, 0) is 15.3 Å². The van der Waals surface area contributed by atoms with E-state index in [1.807, 2.05) is 42.5 Å². The van der Waals surface area contributed by atoms with Gasteiger partial charge >= 0.3 is 5.97 Å². The molecule has 0 spiro atoms. The van der Waals surface area contributed by atoms with Gasteiger partial charge in [-0.15, -0.1) is 0 Å². The Bertz CT molecular complexity index is 1220. The van der Waals surface area contributed by atoms with E-state index in [4.69, 9.17) is 9.47 Å². The van der Waals surface area contributed by atoms with E-state index < -0.39 is 11.9 Å². The molecule has 0 amide bonds. The van der Waals surface area contributed by atoms with E-state index in [9.17, 15) is 9.59 Å². The number of aromatic nitrogens is 2. The zero-order chi connectivity index (χ0) is 22.7. The first-order chi connectivity index (χ1) is 15.5. The summed E-state index contributed by atoms with van der Waals surface area (Å²) in [6.07, 6.45) is 0. The molecule has 0 saturated heterocycles. The van der Waals surface area contributed by atoms with Crippen molar-refractivity contribution in [2.75, 3.05) is 19.5 Å². The molecule has 2 heterocycles. The quantitative estimate of drug-likeness (QED) is 0.333. The van der Waals surface area contributed by atoms with Gasteiger partial charge in [0.15, 0.2) is 5.16 Å². The number of carbonyl (C=O) groups is 1. The third-order valence-corrected chi connectivity index (χ3v) is 6.24. The maximum atomic E-state index is 13.2. The van der Waals surface area contributed by atoms with Crippen LogP contribution in [0.4, 0.5) is 5.82 Å². The smallest absolute Gasteiger partial charge is 0.336 e. The lowest BCUT2D eigenvalue weighted by Crippen LogP contribution is -2.31. The molecule has 1 aliphatic heterocycles. The van der Waals surface area contributed by atoms with Crippen molar-refractivity contribution < 1.29 is 14.3 Å². The van der Waals surface area contributed by atoms with Gasteiger partial charge in [0.2, 0.25) is 0 Å². The van der Waals surface area contributed by atoms with Crippen LogP contribution in [0.5, 0.6) is 5.75 Å². The number of H-pyrrole nitrogens is 1. The molecule has 1 aromatic heterocycles. The monoisotopic (exact) mass is 449 g/mol. The molecule has 0 bridgehead atoms. The van der Waals surface area contributed by atoms with Crippen molar-refractivity contribution in [1.29, 1.82) is 0 Å². The Morgan fingerprint density at radius 1 is 1.09 bits per heavy atom. The fraction of sp³-hybridized carbons (Fsp3) is 0.208. The highest BCUT2D eigenvalue weighted by Crippen LogP contribution is 2.40. The molecule has 0 radical (unpaired) electrons. The third kappa shape index (κ3) is 4.27. The number of hydrogen-bond acceptors (Lipinski definition) is 7. The first-order valence-electron chi connectivity index (χ1n) is 10.0. The van der Waals surface area contributed by atoms with Crippen molar-refractivity contribution in [2.45, 2.75) is 23.8 Å². The highest BCUT2D eigenvalue weighted by atomic mass is 32.2. The molecule has 32 heavy (non-hydrogen) atoms. The highest BCUT2D eigenvalue weighted by molar-refractivity contribution is 7.98. The number of allylic oxidation sites excluding steroid dienone is 1. The topological polar surface area (TPSA) is 93.3 Å². The van der Waals surface area contributed by atoms with E-state index in [-0.39, 0.29) is 5.56 Å². The van der Waals surface area contributed by atoms with Crippen molar-refractivity contribution in [3.05, 3.63) is 92.9 Å². The number of methoxy groups -OCH3 is 2. The highest BCUT2D eigenvalue weighted by Gasteiger charge is 2.36. The van der Waals surface area contributed by atoms with E-state index in [1.165, 1.54) is 18.9 Å². The standard InChI is InChI=1S/C24H23N3O4S/c1-14-18(23(29)31-3)19(16-9-11-17(30-2)12-10-16)20-21(25-14)26-24(27-22(20)28)32-13-15-7-5-4-6-8-15/h4-12,19H,13H2,1-3H3,(H2,25,26,27,28)/t19-/m0/s1. The van der Waals surface area contributed by atoms with Gasteiger partial charge in [-0.25, -0.2) is 9.78 Å². The summed E-state index contributed by atoms with van der Waals surface area (Å²) in [5, 5.41) is 3.64. The molecule has 1 aliphatic rings. The largest absolute Gasteiger partial charge is 0.497 e. The zero-order valence-corrected chi connectivity index (χ0v) is 18.8. The maximum absolute atomic E-state index is 13.2. The fourth-order valence-electron chi connectivity index (χ4n) is 3.74. The predicted octanol–water partition coefficient (Wildman–Crippen LogP) is 4.08. The minimum atomic E-state index is -0.617. The number of fused-ring (bicyclic) bond motifs is 1. The number of esters is 1. The van der Waals surface area contributed by atoms with Crippen molar-refractivity contribution in [2.24, 2.45) is 0 Å². The van der Waals surface area contributed by atoms with Gasteiger partial charge in [-0.05, 0) is 30.2 Å². The van der Waals surface area contributed by atoms with Crippen LogP contribution in [0.15, 0.2) is 75.8 Å². The number of thioether (sulfide) groups is 1. The Kier molecular flexibility index (Phi) is 6.32. The van der Waals surface area contributed by atoms with Gasteiger partial charge in [0.1, 0.15) is 11.6 Å². The van der Waals surface area contributed by atoms with Crippen LogP contribution in [0.25, 0.3) is 0 Å². The summed E-state index contributed by atoms with van der Waals surface area (Å²) in [7, 11) is 2.91. The van der Waals surface area contributed by atoms with Crippen molar-refractivity contribution in [3.8, 4) is 5.75 Å². The number of anilines is 1. The van der Waals surface area contributed by atoms with Gasteiger partial charge in [-0.1, -0.05) is 54.2 Å². The number of nitrogens with zero attached hydrogens (tertiary/aromatic N) is 1. The van der Waals surface area contributed by atoms with E-state index in [2.05, 4.69) is 15.3 Å². The average molecular weight is 450 g/mol. The van der Waals surface area contributed by atoms with E-state index in [1.54, 1.807) is 26.2 Å².